The number of hydrogen-bond acceptors (Lipinski definition) is 1. The molecule has 1 amide bonds. The van der Waals surface area contributed by atoms with Gasteiger partial charge in [-0.05, 0) is 60.1 Å². The number of nitrogens with zero attached hydrogens (tertiary/aromatic N) is 1. The Balaban J connectivity index is 2.27. The number of carbonyl (C=O) groups excluding carboxylic acids is 1. The fourth-order valence-corrected chi connectivity index (χ4v) is 2.13. The lowest BCUT2D eigenvalue weighted by Gasteiger charge is -2.17. The summed E-state index contributed by atoms with van der Waals surface area (Å²) in [6.45, 7) is 1.99. The van der Waals surface area contributed by atoms with E-state index in [-0.39, 0.29) is 5.91 Å². The summed E-state index contributed by atoms with van der Waals surface area (Å²) in [6, 6.07) is 6.49. The summed E-state index contributed by atoms with van der Waals surface area (Å²) < 4.78 is 1.12. The number of benzene rings is 1. The summed E-state index contributed by atoms with van der Waals surface area (Å²) in [5.41, 5.74) is 1.91. The fraction of sp³-hybridized carbons (Fsp3) is 0.417. The smallest absolute Gasteiger partial charge is 0.254 e. The van der Waals surface area contributed by atoms with Crippen LogP contribution in [0.2, 0.25) is 0 Å². The maximum Gasteiger partial charge on any atom is 0.254 e. The van der Waals surface area contributed by atoms with E-state index in [0.717, 1.165) is 27.5 Å². The Labute approximate surface area is 104 Å². The number of amides is 1. The summed E-state index contributed by atoms with van der Waals surface area (Å²) in [7, 11) is 1.90. The first kappa shape index (κ1) is 10.9. The predicted octanol–water partition coefficient (Wildman–Crippen LogP) is 2.83. The van der Waals surface area contributed by atoms with Crippen molar-refractivity contribution in [3.8, 4) is 0 Å². The third-order valence-electron chi connectivity index (χ3n) is 2.84. The summed E-state index contributed by atoms with van der Waals surface area (Å²) in [4.78, 5) is 14.0. The third kappa shape index (κ3) is 2.33. The van der Waals surface area contributed by atoms with Crippen molar-refractivity contribution in [3.05, 3.63) is 32.9 Å². The lowest BCUT2D eigenvalue weighted by Crippen LogP contribution is -2.29. The highest BCUT2D eigenvalue weighted by molar-refractivity contribution is 14.1. The molecular weight excluding hydrogens is 301 g/mol. The van der Waals surface area contributed by atoms with Crippen LogP contribution in [-0.2, 0) is 0 Å². The van der Waals surface area contributed by atoms with Crippen molar-refractivity contribution in [3.63, 3.8) is 0 Å². The van der Waals surface area contributed by atoms with Gasteiger partial charge in [0.05, 0.1) is 0 Å². The molecular formula is C12H14INO. The van der Waals surface area contributed by atoms with Crippen LogP contribution in [0.1, 0.15) is 28.8 Å². The van der Waals surface area contributed by atoms with E-state index in [2.05, 4.69) is 22.6 Å². The topological polar surface area (TPSA) is 20.3 Å². The Morgan fingerprint density at radius 3 is 2.73 bits per heavy atom. The van der Waals surface area contributed by atoms with Crippen molar-refractivity contribution in [2.45, 2.75) is 25.8 Å². The highest BCUT2D eigenvalue weighted by atomic mass is 127. The van der Waals surface area contributed by atoms with Gasteiger partial charge in [-0.1, -0.05) is 6.07 Å². The molecule has 0 radical (unpaired) electrons. The molecule has 15 heavy (non-hydrogen) atoms. The zero-order chi connectivity index (χ0) is 11.0. The first-order valence-electron chi connectivity index (χ1n) is 5.13. The molecule has 2 rings (SSSR count). The van der Waals surface area contributed by atoms with Crippen molar-refractivity contribution in [2.75, 3.05) is 7.05 Å². The van der Waals surface area contributed by atoms with E-state index < -0.39 is 0 Å². The van der Waals surface area contributed by atoms with Crippen molar-refractivity contribution < 1.29 is 4.79 Å². The predicted molar refractivity (Wildman–Crippen MR) is 69.0 cm³/mol. The van der Waals surface area contributed by atoms with Gasteiger partial charge in [-0.15, -0.1) is 0 Å². The quantitative estimate of drug-likeness (QED) is 0.769. The molecule has 2 nitrogen and oxygen atoms in total. The van der Waals surface area contributed by atoms with E-state index in [1.807, 2.05) is 37.1 Å². The first-order chi connectivity index (χ1) is 7.09. The first-order valence-corrected chi connectivity index (χ1v) is 6.21. The summed E-state index contributed by atoms with van der Waals surface area (Å²) >= 11 is 2.24. The van der Waals surface area contributed by atoms with Crippen molar-refractivity contribution in [1.29, 1.82) is 0 Å². The van der Waals surface area contributed by atoms with Crippen molar-refractivity contribution in [1.82, 2.24) is 4.90 Å². The van der Waals surface area contributed by atoms with Gasteiger partial charge in [0, 0.05) is 22.2 Å². The lowest BCUT2D eigenvalue weighted by atomic mass is 10.1. The van der Waals surface area contributed by atoms with E-state index in [1.165, 1.54) is 0 Å². The largest absolute Gasteiger partial charge is 0.339 e. The monoisotopic (exact) mass is 315 g/mol. The summed E-state index contributed by atoms with van der Waals surface area (Å²) in [5.74, 6) is 0.161. The molecule has 0 N–H and O–H groups in total. The second-order valence-electron chi connectivity index (χ2n) is 4.11. The fourth-order valence-electron chi connectivity index (χ4n) is 1.64. The average molecular weight is 315 g/mol. The molecule has 1 saturated carbocycles. The maximum absolute atomic E-state index is 12.1. The molecule has 3 heteroatoms. The van der Waals surface area contributed by atoms with Gasteiger partial charge >= 0.3 is 0 Å². The molecule has 1 aliphatic carbocycles. The van der Waals surface area contributed by atoms with Gasteiger partial charge in [-0.2, -0.15) is 0 Å². The molecule has 0 spiro atoms. The van der Waals surface area contributed by atoms with Crippen LogP contribution in [0.3, 0.4) is 0 Å². The van der Waals surface area contributed by atoms with E-state index in [1.54, 1.807) is 0 Å². The van der Waals surface area contributed by atoms with E-state index >= 15 is 0 Å². The van der Waals surface area contributed by atoms with Crippen LogP contribution in [0.4, 0.5) is 0 Å². The molecule has 0 heterocycles. The Morgan fingerprint density at radius 1 is 1.47 bits per heavy atom. The number of aryl methyl sites for hydroxylation is 1. The zero-order valence-corrected chi connectivity index (χ0v) is 11.1. The standard InChI is InChI=1S/C12H14INO/c1-8-3-4-9(13)7-11(8)12(15)14(2)10-5-6-10/h3-4,7,10H,5-6H2,1-2H3. The van der Waals surface area contributed by atoms with Crippen LogP contribution in [0.5, 0.6) is 0 Å². The van der Waals surface area contributed by atoms with Crippen molar-refractivity contribution in [2.24, 2.45) is 0 Å². The van der Waals surface area contributed by atoms with Gasteiger partial charge in [0.1, 0.15) is 0 Å². The van der Waals surface area contributed by atoms with Crippen molar-refractivity contribution >= 4 is 28.5 Å². The highest BCUT2D eigenvalue weighted by Crippen LogP contribution is 2.27. The van der Waals surface area contributed by atoms with E-state index in [4.69, 9.17) is 0 Å². The van der Waals surface area contributed by atoms with Crippen LogP contribution < -0.4 is 0 Å². The molecule has 1 aromatic rings. The van der Waals surface area contributed by atoms with Gasteiger partial charge in [-0.3, -0.25) is 4.79 Å². The summed E-state index contributed by atoms with van der Waals surface area (Å²) in [5, 5.41) is 0. The Kier molecular flexibility index (Phi) is 3.00. The minimum atomic E-state index is 0.161. The lowest BCUT2D eigenvalue weighted by molar-refractivity contribution is 0.0784. The van der Waals surface area contributed by atoms with E-state index in [0.29, 0.717) is 6.04 Å². The van der Waals surface area contributed by atoms with Crippen LogP contribution >= 0.6 is 22.6 Å². The zero-order valence-electron chi connectivity index (χ0n) is 8.96. The Morgan fingerprint density at radius 2 is 2.13 bits per heavy atom. The molecule has 0 saturated heterocycles. The van der Waals surface area contributed by atoms with E-state index in [9.17, 15) is 4.79 Å². The van der Waals surface area contributed by atoms with Crippen LogP contribution in [0, 0.1) is 10.5 Å². The van der Waals surface area contributed by atoms with Gasteiger partial charge in [-0.25, -0.2) is 0 Å². The Hall–Kier alpha value is -0.580. The minimum absolute atomic E-state index is 0.161. The molecule has 1 fully saturated rings. The van der Waals surface area contributed by atoms with Gasteiger partial charge in [0.15, 0.2) is 0 Å². The SMILES string of the molecule is Cc1ccc(I)cc1C(=O)N(C)C1CC1. The molecule has 1 aromatic carbocycles. The normalized spacial score (nSPS) is 15.1. The molecule has 0 aliphatic heterocycles. The van der Waals surface area contributed by atoms with Gasteiger partial charge < -0.3 is 4.90 Å². The molecule has 0 bridgehead atoms. The molecule has 0 aromatic heterocycles. The minimum Gasteiger partial charge on any atom is -0.339 e. The maximum atomic E-state index is 12.1. The number of rotatable bonds is 2. The second-order valence-corrected chi connectivity index (χ2v) is 5.35. The number of halogens is 1. The third-order valence-corrected chi connectivity index (χ3v) is 3.52. The highest BCUT2D eigenvalue weighted by Gasteiger charge is 2.30. The van der Waals surface area contributed by atoms with Gasteiger partial charge in [0.2, 0.25) is 0 Å². The number of hydrogen-bond donors (Lipinski definition) is 0. The average Bonchev–Trinajstić information content (AvgIpc) is 3.03. The molecule has 0 atom stereocenters. The molecule has 0 unspecified atom stereocenters. The van der Waals surface area contributed by atoms with Gasteiger partial charge in [0.25, 0.3) is 5.91 Å². The Bertz CT molecular complexity index is 399. The summed E-state index contributed by atoms with van der Waals surface area (Å²) in [6.07, 6.45) is 2.32. The molecule has 1 aliphatic rings. The van der Waals surface area contributed by atoms with Crippen LogP contribution in [-0.4, -0.2) is 23.9 Å². The second kappa shape index (κ2) is 4.12. The van der Waals surface area contributed by atoms with Crippen LogP contribution in [0.25, 0.3) is 0 Å². The molecule has 80 valence electrons. The van der Waals surface area contributed by atoms with Crippen LogP contribution in [0.15, 0.2) is 18.2 Å². The number of carbonyl (C=O) groups is 1.